The number of aromatic nitrogens is 3. The van der Waals surface area contributed by atoms with E-state index in [1.54, 1.807) is 35.0 Å². The molecule has 1 unspecified atom stereocenters. The number of carbonyl (C=O) groups excluding carboxylic acids is 1. The highest BCUT2D eigenvalue weighted by molar-refractivity contribution is 6.31. The molecular formula is C25H25ClN4O3. The molecule has 7 nitrogen and oxygen atoms in total. The number of amides is 1. The van der Waals surface area contributed by atoms with Crippen molar-refractivity contribution in [1.29, 1.82) is 0 Å². The molecule has 2 aromatic carbocycles. The molecule has 0 fully saturated rings. The minimum Gasteiger partial charge on any atom is -0.387 e. The molecule has 2 heterocycles. The van der Waals surface area contributed by atoms with E-state index in [4.69, 9.17) is 11.6 Å². The molecule has 4 aromatic rings. The number of nitrogens with zero attached hydrogens (tertiary/aromatic N) is 3. The van der Waals surface area contributed by atoms with E-state index < -0.39 is 6.10 Å². The topological polar surface area (TPSA) is 89.1 Å². The zero-order chi connectivity index (χ0) is 23.5. The summed E-state index contributed by atoms with van der Waals surface area (Å²) < 4.78 is 2.76. The van der Waals surface area contributed by atoms with Gasteiger partial charge < -0.3 is 15.0 Å². The summed E-state index contributed by atoms with van der Waals surface area (Å²) in [5.41, 5.74) is 2.40. The van der Waals surface area contributed by atoms with Crippen LogP contribution >= 0.6 is 11.6 Å². The minimum atomic E-state index is -0.887. The van der Waals surface area contributed by atoms with Gasteiger partial charge >= 0.3 is 6.03 Å². The average molecular weight is 465 g/mol. The highest BCUT2D eigenvalue weighted by atomic mass is 35.5. The van der Waals surface area contributed by atoms with Crippen molar-refractivity contribution in [3.05, 3.63) is 87.6 Å². The highest BCUT2D eigenvalue weighted by Crippen LogP contribution is 2.36. The first-order valence-electron chi connectivity index (χ1n) is 10.9. The number of pyridine rings is 1. The molecule has 0 saturated carbocycles. The summed E-state index contributed by atoms with van der Waals surface area (Å²) in [5, 5.41) is 19.8. The second-order valence-electron chi connectivity index (χ2n) is 7.72. The first-order valence-corrected chi connectivity index (χ1v) is 11.2. The fourth-order valence-corrected chi connectivity index (χ4v) is 4.17. The SMILES string of the molecule is CCNC(=O)n1ccc(Cn2c(C(O)CC)c(-c3ccccc3)c3cc(Cl)ccc3c2=O)n1. The van der Waals surface area contributed by atoms with E-state index in [2.05, 4.69) is 10.4 Å². The predicted molar refractivity (Wildman–Crippen MR) is 130 cm³/mol. The Bertz CT molecular complexity index is 1360. The molecule has 0 aliphatic carbocycles. The summed E-state index contributed by atoms with van der Waals surface area (Å²) in [6.07, 6.45) is 1.08. The Kier molecular flexibility index (Phi) is 6.62. The van der Waals surface area contributed by atoms with Crippen molar-refractivity contribution in [1.82, 2.24) is 19.7 Å². The van der Waals surface area contributed by atoms with Gasteiger partial charge in [0.2, 0.25) is 0 Å². The maximum atomic E-state index is 13.6. The lowest BCUT2D eigenvalue weighted by Crippen LogP contribution is -2.29. The van der Waals surface area contributed by atoms with Crippen LogP contribution in [-0.2, 0) is 6.54 Å². The average Bonchev–Trinajstić information content (AvgIpc) is 3.29. The van der Waals surface area contributed by atoms with E-state index in [9.17, 15) is 14.7 Å². The molecule has 8 heteroatoms. The summed E-state index contributed by atoms with van der Waals surface area (Å²) in [6, 6.07) is 16.1. The molecule has 2 aromatic heterocycles. The van der Waals surface area contributed by atoms with E-state index in [0.29, 0.717) is 40.1 Å². The van der Waals surface area contributed by atoms with Crippen molar-refractivity contribution in [3.8, 4) is 11.1 Å². The second-order valence-corrected chi connectivity index (χ2v) is 8.16. The van der Waals surface area contributed by atoms with Crippen molar-refractivity contribution in [2.45, 2.75) is 32.9 Å². The Balaban J connectivity index is 1.98. The number of aliphatic hydroxyl groups is 1. The van der Waals surface area contributed by atoms with Gasteiger partial charge in [-0.3, -0.25) is 4.79 Å². The van der Waals surface area contributed by atoms with Crippen LogP contribution < -0.4 is 10.9 Å². The molecule has 170 valence electrons. The zero-order valence-corrected chi connectivity index (χ0v) is 19.2. The van der Waals surface area contributed by atoms with E-state index in [1.165, 1.54) is 4.68 Å². The Morgan fingerprint density at radius 2 is 1.88 bits per heavy atom. The number of aliphatic hydroxyl groups excluding tert-OH is 1. The van der Waals surface area contributed by atoms with Gasteiger partial charge in [0.15, 0.2) is 0 Å². The number of hydrogen-bond donors (Lipinski definition) is 2. The molecular weight excluding hydrogens is 440 g/mol. The summed E-state index contributed by atoms with van der Waals surface area (Å²) in [4.78, 5) is 25.7. The third-order valence-electron chi connectivity index (χ3n) is 5.54. The van der Waals surface area contributed by atoms with Crippen LogP contribution in [0.2, 0.25) is 5.02 Å². The molecule has 4 rings (SSSR count). The van der Waals surface area contributed by atoms with Gasteiger partial charge in [-0.2, -0.15) is 9.78 Å². The minimum absolute atomic E-state index is 0.107. The van der Waals surface area contributed by atoms with Gasteiger partial charge in [-0.05, 0) is 48.6 Å². The van der Waals surface area contributed by atoms with E-state index in [-0.39, 0.29) is 18.1 Å². The standard InChI is InChI=1S/C25H25ClN4O3/c1-3-21(31)23-22(16-8-6-5-7-9-16)20-14-17(26)10-11-19(20)24(32)29(23)15-18-12-13-30(28-18)25(33)27-4-2/h5-14,21,31H,3-4,15H2,1-2H3,(H,27,33). The van der Waals surface area contributed by atoms with Crippen LogP contribution in [0.3, 0.4) is 0 Å². The van der Waals surface area contributed by atoms with Crippen molar-refractivity contribution in [2.24, 2.45) is 0 Å². The summed E-state index contributed by atoms with van der Waals surface area (Å²) in [5.74, 6) is 0. The highest BCUT2D eigenvalue weighted by Gasteiger charge is 2.23. The lowest BCUT2D eigenvalue weighted by atomic mass is 9.93. The number of benzene rings is 2. The van der Waals surface area contributed by atoms with Crippen LogP contribution in [0.15, 0.2) is 65.6 Å². The summed E-state index contributed by atoms with van der Waals surface area (Å²) in [6.45, 7) is 4.27. The maximum absolute atomic E-state index is 13.6. The number of carbonyl (C=O) groups is 1. The van der Waals surface area contributed by atoms with Gasteiger partial charge in [0.05, 0.1) is 24.0 Å². The molecule has 0 aliphatic rings. The summed E-state index contributed by atoms with van der Waals surface area (Å²) >= 11 is 6.30. The molecule has 33 heavy (non-hydrogen) atoms. The van der Waals surface area contributed by atoms with Gasteiger partial charge in [-0.1, -0.05) is 48.9 Å². The zero-order valence-electron chi connectivity index (χ0n) is 18.5. The van der Waals surface area contributed by atoms with E-state index in [1.807, 2.05) is 44.2 Å². The Labute approximate surface area is 196 Å². The first kappa shape index (κ1) is 22.8. The first-order chi connectivity index (χ1) is 15.9. The van der Waals surface area contributed by atoms with Crippen LogP contribution in [0, 0.1) is 0 Å². The normalized spacial score (nSPS) is 12.1. The molecule has 0 spiro atoms. The third kappa shape index (κ3) is 4.42. The van der Waals surface area contributed by atoms with Gasteiger partial charge in [0.25, 0.3) is 5.56 Å². The fourth-order valence-electron chi connectivity index (χ4n) is 4.00. The Morgan fingerprint density at radius 3 is 2.58 bits per heavy atom. The number of hydrogen-bond acceptors (Lipinski definition) is 4. The number of nitrogens with one attached hydrogen (secondary N) is 1. The van der Waals surface area contributed by atoms with Gasteiger partial charge in [-0.25, -0.2) is 4.79 Å². The largest absolute Gasteiger partial charge is 0.387 e. The van der Waals surface area contributed by atoms with Crippen LogP contribution in [-0.4, -0.2) is 32.0 Å². The van der Waals surface area contributed by atoms with E-state index >= 15 is 0 Å². The summed E-state index contributed by atoms with van der Waals surface area (Å²) in [7, 11) is 0. The van der Waals surface area contributed by atoms with Crippen molar-refractivity contribution < 1.29 is 9.90 Å². The van der Waals surface area contributed by atoms with E-state index in [0.717, 1.165) is 11.1 Å². The molecule has 1 amide bonds. The number of rotatable bonds is 6. The quantitative estimate of drug-likeness (QED) is 0.437. The smallest absolute Gasteiger partial charge is 0.342 e. The van der Waals surface area contributed by atoms with Gasteiger partial charge in [-0.15, -0.1) is 0 Å². The van der Waals surface area contributed by atoms with Crippen molar-refractivity contribution in [2.75, 3.05) is 6.54 Å². The monoisotopic (exact) mass is 464 g/mol. The molecule has 1 atom stereocenters. The van der Waals surface area contributed by atoms with Gasteiger partial charge in [0, 0.05) is 28.7 Å². The number of fused-ring (bicyclic) bond motifs is 1. The Morgan fingerprint density at radius 1 is 1.12 bits per heavy atom. The van der Waals surface area contributed by atoms with Crippen LogP contribution in [0.1, 0.15) is 37.8 Å². The van der Waals surface area contributed by atoms with Crippen LogP contribution in [0.4, 0.5) is 4.79 Å². The van der Waals surface area contributed by atoms with Crippen molar-refractivity contribution in [3.63, 3.8) is 0 Å². The maximum Gasteiger partial charge on any atom is 0.342 e. The van der Waals surface area contributed by atoms with Crippen molar-refractivity contribution >= 4 is 28.4 Å². The number of halogens is 1. The van der Waals surface area contributed by atoms with Crippen LogP contribution in [0.25, 0.3) is 21.9 Å². The molecule has 0 saturated heterocycles. The van der Waals surface area contributed by atoms with Crippen LogP contribution in [0.5, 0.6) is 0 Å². The molecule has 0 radical (unpaired) electrons. The lowest BCUT2D eigenvalue weighted by molar-refractivity contribution is 0.164. The third-order valence-corrected chi connectivity index (χ3v) is 5.77. The predicted octanol–water partition coefficient (Wildman–Crippen LogP) is 4.59. The Hall–Kier alpha value is -3.42. The molecule has 0 aliphatic heterocycles. The molecule has 0 bridgehead atoms. The molecule has 2 N–H and O–H groups in total. The van der Waals surface area contributed by atoms with Gasteiger partial charge in [0.1, 0.15) is 0 Å². The second kappa shape index (κ2) is 9.60. The fraction of sp³-hybridized carbons (Fsp3) is 0.240. The lowest BCUT2D eigenvalue weighted by Gasteiger charge is -2.23.